The van der Waals surface area contributed by atoms with Crippen molar-refractivity contribution in [2.75, 3.05) is 18.0 Å². The molecule has 0 fully saturated rings. The number of halogens is 3. The average molecular weight is 1070 g/mol. The molecule has 0 radical (unpaired) electrons. The minimum atomic E-state index is -4.61. The maximum Gasteiger partial charge on any atom is 0.417 e. The molecule has 3 aliphatic heterocycles. The van der Waals surface area contributed by atoms with Crippen molar-refractivity contribution in [3.05, 3.63) is 179 Å². The van der Waals surface area contributed by atoms with E-state index in [9.17, 15) is 23.2 Å². The number of benzene rings is 1. The van der Waals surface area contributed by atoms with Crippen LogP contribution >= 0.6 is 0 Å². The number of hydrogen-bond acceptors (Lipinski definition) is 10. The van der Waals surface area contributed by atoms with E-state index in [0.717, 1.165) is 108 Å². The average Bonchev–Trinajstić information content (AvgIpc) is 3.41. The van der Waals surface area contributed by atoms with Crippen LogP contribution in [0.1, 0.15) is 92.3 Å². The normalized spacial score (nSPS) is 13.4. The van der Waals surface area contributed by atoms with Gasteiger partial charge in [-0.2, -0.15) is 18.4 Å². The number of ether oxygens (including phenoxy) is 1. The third-order valence-corrected chi connectivity index (χ3v) is 11.6. The molecule has 1 amide bonds. The Morgan fingerprint density at radius 1 is 0.699 bits per heavy atom. The number of allylic oxidation sites excluding steroid dienone is 3. The van der Waals surface area contributed by atoms with E-state index >= 15 is 0 Å². The van der Waals surface area contributed by atoms with Crippen LogP contribution in [0, 0.1) is 25.2 Å². The van der Waals surface area contributed by atoms with Crippen LogP contribution in [0.2, 0.25) is 0 Å². The number of nitrogens with zero attached hydrogens (tertiary/aromatic N) is 8. The van der Waals surface area contributed by atoms with Gasteiger partial charge in [-0.3, -0.25) is 34.7 Å². The molecule has 0 atom stereocenters. The van der Waals surface area contributed by atoms with Gasteiger partial charge >= 0.3 is 6.18 Å². The Morgan fingerprint density at radius 2 is 1.23 bits per heavy atom. The molecule has 0 spiro atoms. The summed E-state index contributed by atoms with van der Waals surface area (Å²) in [6.07, 6.45) is 11.8. The standard InChI is InChI=1S/C29H23F3N4O.C15H17N3O.C10H8N2.2C2H6.Ru/c1-17-6-8-34-24(12-17)25-14-18(7-9-35-25)22(16-33)26-15-23(29(30,31)32)21-13-19-4-2-10-36-11-3-5-20(27(19)36)28(21)37-26;1-11-5-7-17-13(9-11)14-10-12(6-8-18-14)3-2-4-15(16)19;1-3-7-11-9(5-1)10-6-2-4-8-12-10;2*1-2;/h6-9,12-15H,2-5,10-11H2,1H3;5-10H,2-4H2,1H3,(H2,16,19);1-8H;2*1-2H3;/b26-22-;;;;;. The first-order valence-corrected chi connectivity index (χ1v) is 24.4. The monoisotopic (exact) mass is 1070 g/mol. The number of nitrogens with two attached hydrogens (primary N) is 1. The number of pyridine rings is 6. The Bertz CT molecular complexity index is 3010. The fourth-order valence-electron chi connectivity index (χ4n) is 8.46. The Hall–Kier alpha value is -7.43. The smallest absolute Gasteiger partial charge is 0.417 e. The molecule has 0 aliphatic carbocycles. The number of fused-ring (bicyclic) bond motifs is 2. The van der Waals surface area contributed by atoms with Crippen molar-refractivity contribution >= 4 is 22.7 Å². The predicted octanol–water partition coefficient (Wildman–Crippen LogP) is 12.9. The number of aryl methyl sites for hydroxylation is 4. The molecule has 3 aliphatic rings. The van der Waals surface area contributed by atoms with Crippen molar-refractivity contribution in [1.82, 2.24) is 29.9 Å². The summed E-state index contributed by atoms with van der Waals surface area (Å²) in [5, 5.41) is 10.1. The summed E-state index contributed by atoms with van der Waals surface area (Å²) in [7, 11) is 0. The van der Waals surface area contributed by atoms with Gasteiger partial charge in [0, 0.05) is 93.0 Å². The van der Waals surface area contributed by atoms with Crippen LogP contribution in [-0.2, 0) is 43.5 Å². The summed E-state index contributed by atoms with van der Waals surface area (Å²) in [6.45, 7) is 13.7. The number of nitriles is 1. The van der Waals surface area contributed by atoms with E-state index in [1.165, 1.54) is 6.20 Å². The zero-order valence-corrected chi connectivity index (χ0v) is 43.8. The van der Waals surface area contributed by atoms with Gasteiger partial charge in [-0.15, -0.1) is 0 Å². The first-order valence-electron chi connectivity index (χ1n) is 24.4. The number of carbonyl (C=O) groups excluding carboxylic acids is 1. The van der Waals surface area contributed by atoms with Crippen molar-refractivity contribution < 1.29 is 42.2 Å². The summed E-state index contributed by atoms with van der Waals surface area (Å²) in [4.78, 5) is 38.7. The zero-order chi connectivity index (χ0) is 51.6. The van der Waals surface area contributed by atoms with Gasteiger partial charge in [0.1, 0.15) is 23.2 Å². The van der Waals surface area contributed by atoms with E-state index in [-0.39, 0.29) is 48.0 Å². The first kappa shape index (κ1) is 56.5. The molecule has 7 aromatic rings. The SMILES string of the molecule is CC.CC.Cc1ccnc(-c2cc(/C(C#N)=C3/C=C(C(F)(F)F)c4cc5c6c(c4O3)CCCN6CCC5)ccn2)c1.Cc1ccnc(-c2cc(CCCC(N)=O)ccn2)c1.[Ru].c1ccc(-c2ccccn2)nc1. The largest absolute Gasteiger partial charge is 0.455 e. The maximum absolute atomic E-state index is 14.4. The number of aromatic nitrogens is 6. The number of amides is 1. The second-order valence-electron chi connectivity index (χ2n) is 16.6. The fourth-order valence-corrected chi connectivity index (χ4v) is 8.46. The second-order valence-corrected chi connectivity index (χ2v) is 16.6. The Morgan fingerprint density at radius 3 is 1.77 bits per heavy atom. The molecule has 9 heterocycles. The molecular weight excluding hydrogens is 1010 g/mol. The van der Waals surface area contributed by atoms with Crippen LogP contribution in [0.3, 0.4) is 0 Å². The van der Waals surface area contributed by atoms with Gasteiger partial charge in [-0.25, -0.2) is 0 Å². The van der Waals surface area contributed by atoms with E-state index in [4.69, 9.17) is 10.5 Å². The third kappa shape index (κ3) is 14.8. The fraction of sp³-hybridized carbons (Fsp3) is 0.276. The van der Waals surface area contributed by atoms with Gasteiger partial charge in [-0.05, 0) is 165 Å². The number of hydrogen-bond donors (Lipinski definition) is 1. The van der Waals surface area contributed by atoms with E-state index < -0.39 is 11.7 Å². The second kappa shape index (κ2) is 27.4. The van der Waals surface area contributed by atoms with Gasteiger partial charge in [0.05, 0.1) is 39.7 Å². The molecular formula is C58H60F3N9O2Ru. The molecule has 73 heavy (non-hydrogen) atoms. The van der Waals surface area contributed by atoms with Crippen LogP contribution < -0.4 is 15.4 Å². The van der Waals surface area contributed by atoms with E-state index in [1.807, 2.05) is 114 Å². The van der Waals surface area contributed by atoms with Crippen molar-refractivity contribution in [3.8, 4) is 46.0 Å². The van der Waals surface area contributed by atoms with Gasteiger partial charge in [0.2, 0.25) is 5.91 Å². The van der Waals surface area contributed by atoms with E-state index in [2.05, 4.69) is 40.9 Å². The Labute approximate surface area is 439 Å². The molecule has 10 rings (SSSR count). The summed E-state index contributed by atoms with van der Waals surface area (Å²) in [5.74, 6) is -0.145. The molecule has 1 aromatic carbocycles. The quantitative estimate of drug-likeness (QED) is 0.115. The number of primary amides is 1. The molecule has 2 N–H and O–H groups in total. The molecule has 0 unspecified atom stereocenters. The third-order valence-electron chi connectivity index (χ3n) is 11.6. The van der Waals surface area contributed by atoms with Crippen molar-refractivity contribution in [1.29, 1.82) is 5.26 Å². The number of carbonyl (C=O) groups is 1. The number of rotatable bonds is 8. The Kier molecular flexibility index (Phi) is 21.2. The molecule has 378 valence electrons. The van der Waals surface area contributed by atoms with E-state index in [0.29, 0.717) is 29.8 Å². The molecule has 0 bridgehead atoms. The summed E-state index contributed by atoms with van der Waals surface area (Å²) < 4.78 is 49.4. The maximum atomic E-state index is 14.4. The molecule has 0 saturated heterocycles. The Balaban J connectivity index is 0.000000228. The van der Waals surface area contributed by atoms with Gasteiger partial charge in [0.15, 0.2) is 0 Å². The van der Waals surface area contributed by atoms with Crippen LogP contribution in [0.25, 0.3) is 45.3 Å². The molecule has 11 nitrogen and oxygen atoms in total. The first-order chi connectivity index (χ1) is 34.9. The predicted molar refractivity (Wildman–Crippen MR) is 279 cm³/mol. The van der Waals surface area contributed by atoms with Gasteiger partial charge in [0.25, 0.3) is 0 Å². The van der Waals surface area contributed by atoms with Crippen molar-refractivity contribution in [2.24, 2.45) is 5.73 Å². The van der Waals surface area contributed by atoms with Gasteiger partial charge < -0.3 is 15.4 Å². The topological polar surface area (TPSA) is 157 Å². The number of alkyl halides is 3. The zero-order valence-electron chi connectivity index (χ0n) is 42.0. The van der Waals surface area contributed by atoms with Crippen LogP contribution in [0.4, 0.5) is 18.9 Å². The molecule has 15 heteroatoms. The van der Waals surface area contributed by atoms with Crippen LogP contribution in [0.15, 0.2) is 140 Å². The summed E-state index contributed by atoms with van der Waals surface area (Å²) >= 11 is 0. The van der Waals surface area contributed by atoms with E-state index in [1.54, 1.807) is 49.2 Å². The minimum Gasteiger partial charge on any atom is -0.455 e. The molecule has 6 aromatic heterocycles. The van der Waals surface area contributed by atoms with Crippen LogP contribution in [0.5, 0.6) is 5.75 Å². The van der Waals surface area contributed by atoms with Crippen molar-refractivity contribution in [2.45, 2.75) is 92.7 Å². The number of anilines is 1. The minimum absolute atomic E-state index is 0. The molecule has 0 saturated carbocycles. The van der Waals surface area contributed by atoms with Gasteiger partial charge in [-0.1, -0.05) is 39.8 Å². The van der Waals surface area contributed by atoms with Crippen LogP contribution in [-0.4, -0.2) is 55.1 Å². The summed E-state index contributed by atoms with van der Waals surface area (Å²) in [6, 6.07) is 30.2. The van der Waals surface area contributed by atoms with Crippen molar-refractivity contribution in [3.63, 3.8) is 0 Å². The summed E-state index contributed by atoms with van der Waals surface area (Å²) in [5.41, 5.74) is 15.6.